The zero-order chi connectivity index (χ0) is 14.0. The molecule has 0 unspecified atom stereocenters. The fourth-order valence-electron chi connectivity index (χ4n) is 1.95. The van der Waals surface area contributed by atoms with Crippen LogP contribution in [0.4, 0.5) is 0 Å². The van der Waals surface area contributed by atoms with Gasteiger partial charge in [-0.3, -0.25) is 0 Å². The van der Waals surface area contributed by atoms with Gasteiger partial charge in [-0.2, -0.15) is 10.4 Å². The summed E-state index contributed by atoms with van der Waals surface area (Å²) >= 11 is 0. The molecule has 19 heavy (non-hydrogen) atoms. The summed E-state index contributed by atoms with van der Waals surface area (Å²) in [6.45, 7) is 4.14. The van der Waals surface area contributed by atoms with E-state index in [0.29, 0.717) is 30.2 Å². The molecule has 0 aliphatic rings. The maximum absolute atomic E-state index is 9.76. The van der Waals surface area contributed by atoms with Gasteiger partial charge in [-0.1, -0.05) is 6.92 Å². The first-order valence-electron chi connectivity index (χ1n) is 6.21. The van der Waals surface area contributed by atoms with Crippen LogP contribution in [0.1, 0.15) is 24.7 Å². The topological polar surface area (TPSA) is 79.7 Å². The minimum absolute atomic E-state index is 0.403. The highest BCUT2D eigenvalue weighted by Gasteiger charge is 2.16. The highest BCUT2D eigenvalue weighted by Crippen LogP contribution is 2.20. The third kappa shape index (κ3) is 2.66. The predicted molar refractivity (Wildman–Crippen MR) is 70.2 cm³/mol. The van der Waals surface area contributed by atoms with Gasteiger partial charge in [0.2, 0.25) is 0 Å². The Morgan fingerprint density at radius 2 is 2.26 bits per heavy atom. The van der Waals surface area contributed by atoms with E-state index in [1.165, 1.54) is 0 Å². The molecule has 100 valence electrons. The molecule has 1 atom stereocenters. The predicted octanol–water partition coefficient (Wildman–Crippen LogP) is 1.23. The standard InChI is InChI=1S/C13H17N5O/c1-4-11(19)8-18-13(15-9(2)16-18)12-5-10(6-14)7-17(12)3/h5,7,11,19H,4,8H2,1-3H3/t11-/m0/s1. The fraction of sp³-hybridized carbons (Fsp3) is 0.462. The number of hydrogen-bond donors (Lipinski definition) is 1. The van der Waals surface area contributed by atoms with Gasteiger partial charge in [-0.15, -0.1) is 0 Å². The Kier molecular flexibility index (Phi) is 3.67. The van der Waals surface area contributed by atoms with Gasteiger partial charge in [0.25, 0.3) is 0 Å². The van der Waals surface area contributed by atoms with Crippen LogP contribution in [-0.2, 0) is 13.6 Å². The molecule has 0 fully saturated rings. The normalized spacial score (nSPS) is 12.4. The molecule has 0 aromatic carbocycles. The summed E-state index contributed by atoms with van der Waals surface area (Å²) in [7, 11) is 1.86. The number of hydrogen-bond acceptors (Lipinski definition) is 4. The zero-order valence-electron chi connectivity index (χ0n) is 11.3. The van der Waals surface area contributed by atoms with Crippen molar-refractivity contribution in [3.8, 4) is 17.6 Å². The number of aryl methyl sites for hydroxylation is 2. The third-order valence-corrected chi connectivity index (χ3v) is 3.00. The lowest BCUT2D eigenvalue weighted by molar-refractivity contribution is 0.145. The van der Waals surface area contributed by atoms with E-state index in [-0.39, 0.29) is 0 Å². The van der Waals surface area contributed by atoms with Gasteiger partial charge in [-0.05, 0) is 19.4 Å². The lowest BCUT2D eigenvalue weighted by Crippen LogP contribution is -2.17. The molecule has 0 amide bonds. The zero-order valence-corrected chi connectivity index (χ0v) is 11.3. The number of rotatable bonds is 4. The van der Waals surface area contributed by atoms with Crippen LogP contribution >= 0.6 is 0 Å². The molecule has 0 radical (unpaired) electrons. The first-order chi connectivity index (χ1) is 9.05. The van der Waals surface area contributed by atoms with E-state index >= 15 is 0 Å². The van der Waals surface area contributed by atoms with Crippen molar-refractivity contribution in [2.45, 2.75) is 32.9 Å². The Morgan fingerprint density at radius 3 is 2.84 bits per heavy atom. The van der Waals surface area contributed by atoms with Crippen LogP contribution in [0.5, 0.6) is 0 Å². The molecule has 0 bridgehead atoms. The van der Waals surface area contributed by atoms with Gasteiger partial charge in [0.15, 0.2) is 5.82 Å². The molecule has 0 aliphatic heterocycles. The minimum atomic E-state index is -0.449. The number of nitrogens with zero attached hydrogens (tertiary/aromatic N) is 5. The van der Waals surface area contributed by atoms with E-state index in [9.17, 15) is 5.11 Å². The van der Waals surface area contributed by atoms with Crippen molar-refractivity contribution in [1.82, 2.24) is 19.3 Å². The van der Waals surface area contributed by atoms with Crippen molar-refractivity contribution in [2.24, 2.45) is 7.05 Å². The van der Waals surface area contributed by atoms with Crippen molar-refractivity contribution in [2.75, 3.05) is 0 Å². The maximum atomic E-state index is 9.76. The Hall–Kier alpha value is -2.13. The maximum Gasteiger partial charge on any atom is 0.175 e. The van der Waals surface area contributed by atoms with Gasteiger partial charge in [0.1, 0.15) is 11.9 Å². The monoisotopic (exact) mass is 259 g/mol. The lowest BCUT2D eigenvalue weighted by Gasteiger charge is -2.10. The summed E-state index contributed by atoms with van der Waals surface area (Å²) < 4.78 is 3.54. The molecule has 2 aromatic rings. The third-order valence-electron chi connectivity index (χ3n) is 3.00. The molecule has 6 nitrogen and oxygen atoms in total. The van der Waals surface area contributed by atoms with Gasteiger partial charge >= 0.3 is 0 Å². The second kappa shape index (κ2) is 5.24. The molecule has 2 aromatic heterocycles. The summed E-state index contributed by atoms with van der Waals surface area (Å²) in [6.07, 6.45) is 1.96. The molecule has 2 rings (SSSR count). The molecule has 2 heterocycles. The number of aliphatic hydroxyl groups excluding tert-OH is 1. The fourth-order valence-corrected chi connectivity index (χ4v) is 1.95. The highest BCUT2D eigenvalue weighted by molar-refractivity contribution is 5.55. The molecular formula is C13H17N5O. The minimum Gasteiger partial charge on any atom is -0.391 e. The lowest BCUT2D eigenvalue weighted by atomic mass is 10.2. The van der Waals surface area contributed by atoms with Gasteiger partial charge in [0.05, 0.1) is 23.9 Å². The summed E-state index contributed by atoms with van der Waals surface area (Å²) in [5, 5.41) is 23.0. The molecule has 1 N–H and O–H groups in total. The van der Waals surface area contributed by atoms with Crippen LogP contribution in [0.2, 0.25) is 0 Å². The largest absolute Gasteiger partial charge is 0.391 e. The quantitative estimate of drug-likeness (QED) is 0.895. The van der Waals surface area contributed by atoms with Crippen molar-refractivity contribution >= 4 is 0 Å². The first kappa shape index (κ1) is 13.3. The molecular weight excluding hydrogens is 242 g/mol. The number of aromatic nitrogens is 4. The van der Waals surface area contributed by atoms with E-state index in [2.05, 4.69) is 16.2 Å². The number of nitriles is 1. The summed E-state index contributed by atoms with van der Waals surface area (Å²) in [5.41, 5.74) is 1.40. The summed E-state index contributed by atoms with van der Waals surface area (Å²) in [6, 6.07) is 3.88. The van der Waals surface area contributed by atoms with Gasteiger partial charge in [-0.25, -0.2) is 9.67 Å². The average Bonchev–Trinajstić information content (AvgIpc) is 2.92. The van der Waals surface area contributed by atoms with Gasteiger partial charge < -0.3 is 9.67 Å². The second-order valence-corrected chi connectivity index (χ2v) is 4.56. The Balaban J connectivity index is 2.44. The van der Waals surface area contributed by atoms with E-state index in [1.807, 2.05) is 25.5 Å². The van der Waals surface area contributed by atoms with Crippen molar-refractivity contribution in [1.29, 1.82) is 5.26 Å². The van der Waals surface area contributed by atoms with E-state index < -0.39 is 6.10 Å². The SMILES string of the molecule is CC[C@H](O)Cn1nc(C)nc1-c1cc(C#N)cn1C. The molecule has 0 aliphatic carbocycles. The average molecular weight is 259 g/mol. The highest BCUT2D eigenvalue weighted by atomic mass is 16.3. The van der Waals surface area contributed by atoms with Crippen LogP contribution in [0, 0.1) is 18.3 Å². The van der Waals surface area contributed by atoms with E-state index in [1.54, 1.807) is 16.9 Å². The van der Waals surface area contributed by atoms with Crippen molar-refractivity contribution in [3.05, 3.63) is 23.7 Å². The smallest absolute Gasteiger partial charge is 0.175 e. The number of aliphatic hydroxyl groups is 1. The Labute approximate surface area is 111 Å². The summed E-state index contributed by atoms with van der Waals surface area (Å²) in [4.78, 5) is 4.39. The van der Waals surface area contributed by atoms with Crippen LogP contribution in [-0.4, -0.2) is 30.5 Å². The van der Waals surface area contributed by atoms with E-state index in [4.69, 9.17) is 5.26 Å². The van der Waals surface area contributed by atoms with Crippen molar-refractivity contribution in [3.63, 3.8) is 0 Å². The molecule has 0 spiro atoms. The van der Waals surface area contributed by atoms with Crippen molar-refractivity contribution < 1.29 is 5.11 Å². The molecule has 0 saturated heterocycles. The van der Waals surface area contributed by atoms with Crippen LogP contribution < -0.4 is 0 Å². The molecule has 6 heteroatoms. The molecule has 0 saturated carbocycles. The first-order valence-corrected chi connectivity index (χ1v) is 6.21. The van der Waals surface area contributed by atoms with E-state index in [0.717, 1.165) is 5.69 Å². The van der Waals surface area contributed by atoms with Crippen LogP contribution in [0.25, 0.3) is 11.5 Å². The van der Waals surface area contributed by atoms with Crippen LogP contribution in [0.15, 0.2) is 12.3 Å². The second-order valence-electron chi connectivity index (χ2n) is 4.56. The Bertz CT molecular complexity index is 620. The van der Waals surface area contributed by atoms with Gasteiger partial charge in [0, 0.05) is 13.2 Å². The Morgan fingerprint density at radius 1 is 1.53 bits per heavy atom. The van der Waals surface area contributed by atoms with Crippen LogP contribution in [0.3, 0.4) is 0 Å². The summed E-state index contributed by atoms with van der Waals surface area (Å²) in [5.74, 6) is 1.33.